The quantitative estimate of drug-likeness (QED) is 0.620. The van der Waals surface area contributed by atoms with Crippen molar-refractivity contribution in [3.63, 3.8) is 0 Å². The second kappa shape index (κ2) is 8.79. The van der Waals surface area contributed by atoms with Crippen molar-refractivity contribution in [2.75, 3.05) is 25.6 Å². The van der Waals surface area contributed by atoms with Gasteiger partial charge in [-0.15, -0.1) is 0 Å². The van der Waals surface area contributed by atoms with Crippen LogP contribution in [-0.4, -0.2) is 32.3 Å². The molecule has 0 heterocycles. The number of amides is 2. The Labute approximate surface area is 144 Å². The minimum absolute atomic E-state index is 0.260. The maximum atomic E-state index is 11.9. The van der Waals surface area contributed by atoms with Crippen LogP contribution in [0.3, 0.4) is 0 Å². The fraction of sp³-hybridized carbons (Fsp3) is 0.176. The van der Waals surface area contributed by atoms with E-state index in [2.05, 4.69) is 15.4 Å². The summed E-state index contributed by atoms with van der Waals surface area (Å²) in [5, 5.41) is 5.75. The maximum Gasteiger partial charge on any atom is 0.339 e. The van der Waals surface area contributed by atoms with Gasteiger partial charge < -0.3 is 20.1 Å². The topological polar surface area (TPSA) is 76.7 Å². The molecule has 0 bridgehead atoms. The second-order valence-electron chi connectivity index (χ2n) is 4.70. The third-order valence-corrected chi connectivity index (χ3v) is 3.37. The van der Waals surface area contributed by atoms with Crippen LogP contribution in [0, 0.1) is 0 Å². The highest BCUT2D eigenvalue weighted by Gasteiger charge is 2.12. The first-order valence-electron chi connectivity index (χ1n) is 7.21. The molecule has 0 aromatic heterocycles. The Morgan fingerprint density at radius 3 is 2.54 bits per heavy atom. The summed E-state index contributed by atoms with van der Waals surface area (Å²) >= 11 is 5.97. The van der Waals surface area contributed by atoms with E-state index >= 15 is 0 Å². The second-order valence-corrected chi connectivity index (χ2v) is 5.10. The lowest BCUT2D eigenvalue weighted by Crippen LogP contribution is -2.32. The molecular formula is C17H17ClN2O4. The van der Waals surface area contributed by atoms with Gasteiger partial charge in [0.05, 0.1) is 29.9 Å². The Morgan fingerprint density at radius 2 is 1.79 bits per heavy atom. The monoisotopic (exact) mass is 348 g/mol. The molecule has 7 heteroatoms. The number of halogens is 1. The molecule has 126 valence electrons. The molecule has 0 aliphatic carbocycles. The largest absolute Gasteiger partial charge is 0.490 e. The van der Waals surface area contributed by atoms with Crippen molar-refractivity contribution >= 4 is 29.3 Å². The summed E-state index contributed by atoms with van der Waals surface area (Å²) in [5.41, 5.74) is 0.649. The van der Waals surface area contributed by atoms with E-state index in [0.717, 1.165) is 0 Å². The number of rotatable bonds is 6. The van der Waals surface area contributed by atoms with Crippen LogP contribution < -0.4 is 15.4 Å². The molecular weight excluding hydrogens is 332 g/mol. The van der Waals surface area contributed by atoms with Gasteiger partial charge in [0, 0.05) is 0 Å². The van der Waals surface area contributed by atoms with Crippen LogP contribution >= 0.6 is 11.6 Å². The summed E-state index contributed by atoms with van der Waals surface area (Å²) < 4.78 is 10.1. The zero-order valence-corrected chi connectivity index (χ0v) is 13.8. The lowest BCUT2D eigenvalue weighted by Gasteiger charge is -2.11. The zero-order valence-electron chi connectivity index (χ0n) is 13.0. The molecule has 2 amide bonds. The van der Waals surface area contributed by atoms with Gasteiger partial charge in [0.25, 0.3) is 0 Å². The standard InChI is InChI=1S/C17H17ClN2O4/c1-23-16(21)12-6-2-4-8-14(12)20-17(22)19-10-11-24-15-9-5-3-7-13(15)18/h2-9H,10-11H2,1H3,(H2,19,20,22). The molecule has 0 fully saturated rings. The normalized spacial score (nSPS) is 9.92. The van der Waals surface area contributed by atoms with Crippen molar-refractivity contribution in [1.29, 1.82) is 0 Å². The third kappa shape index (κ3) is 4.89. The summed E-state index contributed by atoms with van der Waals surface area (Å²) in [6.07, 6.45) is 0. The molecule has 0 aliphatic heterocycles. The number of hydrogen-bond acceptors (Lipinski definition) is 4. The summed E-state index contributed by atoms with van der Waals surface area (Å²) in [7, 11) is 1.28. The van der Waals surface area contributed by atoms with Crippen molar-refractivity contribution in [3.8, 4) is 5.75 Å². The van der Waals surface area contributed by atoms with Crippen molar-refractivity contribution in [3.05, 3.63) is 59.1 Å². The van der Waals surface area contributed by atoms with Crippen LogP contribution in [0.1, 0.15) is 10.4 Å². The molecule has 2 aromatic rings. The fourth-order valence-electron chi connectivity index (χ4n) is 1.93. The molecule has 2 N–H and O–H groups in total. The molecule has 0 saturated heterocycles. The Hall–Kier alpha value is -2.73. The highest BCUT2D eigenvalue weighted by Crippen LogP contribution is 2.22. The average molecular weight is 349 g/mol. The van der Waals surface area contributed by atoms with Crippen molar-refractivity contribution in [1.82, 2.24) is 5.32 Å². The Bertz CT molecular complexity index is 721. The first-order chi connectivity index (χ1) is 11.6. The number of carbonyl (C=O) groups is 2. The highest BCUT2D eigenvalue weighted by molar-refractivity contribution is 6.32. The number of ether oxygens (including phenoxy) is 2. The molecule has 2 rings (SSSR count). The van der Waals surface area contributed by atoms with E-state index in [1.807, 2.05) is 6.07 Å². The van der Waals surface area contributed by atoms with Crippen molar-refractivity contribution in [2.45, 2.75) is 0 Å². The molecule has 0 unspecified atom stereocenters. The van der Waals surface area contributed by atoms with Crippen LogP contribution in [0.4, 0.5) is 10.5 Å². The smallest absolute Gasteiger partial charge is 0.339 e. The van der Waals surface area contributed by atoms with E-state index < -0.39 is 12.0 Å². The van der Waals surface area contributed by atoms with Gasteiger partial charge in [-0.05, 0) is 24.3 Å². The van der Waals surface area contributed by atoms with Gasteiger partial charge in [-0.3, -0.25) is 0 Å². The summed E-state index contributed by atoms with van der Waals surface area (Å²) in [5.74, 6) is 0.0327. The van der Waals surface area contributed by atoms with Crippen molar-refractivity contribution < 1.29 is 19.1 Å². The Kier molecular flexibility index (Phi) is 6.45. The van der Waals surface area contributed by atoms with Crippen LogP contribution in [0.15, 0.2) is 48.5 Å². The van der Waals surface area contributed by atoms with Gasteiger partial charge >= 0.3 is 12.0 Å². The number of para-hydroxylation sites is 2. The van der Waals surface area contributed by atoms with Crippen LogP contribution in [-0.2, 0) is 4.74 Å². The number of carbonyl (C=O) groups excluding carboxylic acids is 2. The summed E-state index contributed by atoms with van der Waals surface area (Å²) in [4.78, 5) is 23.5. The SMILES string of the molecule is COC(=O)c1ccccc1NC(=O)NCCOc1ccccc1Cl. The van der Waals surface area contributed by atoms with Crippen LogP contribution in [0.25, 0.3) is 0 Å². The molecule has 24 heavy (non-hydrogen) atoms. The zero-order chi connectivity index (χ0) is 17.4. The number of esters is 1. The van der Waals surface area contributed by atoms with E-state index in [1.54, 1.807) is 42.5 Å². The number of nitrogens with one attached hydrogen (secondary N) is 2. The number of methoxy groups -OCH3 is 1. The van der Waals surface area contributed by atoms with Crippen molar-refractivity contribution in [2.24, 2.45) is 0 Å². The summed E-state index contributed by atoms with van der Waals surface area (Å²) in [6.45, 7) is 0.535. The molecule has 0 atom stereocenters. The van der Waals surface area contributed by atoms with Gasteiger partial charge in [0.1, 0.15) is 12.4 Å². The molecule has 0 spiro atoms. The van der Waals surface area contributed by atoms with Gasteiger partial charge in [-0.25, -0.2) is 9.59 Å². The van der Waals surface area contributed by atoms with Gasteiger partial charge in [-0.1, -0.05) is 35.9 Å². The van der Waals surface area contributed by atoms with E-state index in [-0.39, 0.29) is 18.7 Å². The molecule has 0 saturated carbocycles. The number of hydrogen-bond donors (Lipinski definition) is 2. The van der Waals surface area contributed by atoms with Gasteiger partial charge in [0.2, 0.25) is 0 Å². The van der Waals surface area contributed by atoms with E-state index in [9.17, 15) is 9.59 Å². The first kappa shape index (κ1) is 17.6. The van der Waals surface area contributed by atoms with Crippen LogP contribution in [0.5, 0.6) is 5.75 Å². The van der Waals surface area contributed by atoms with Gasteiger partial charge in [-0.2, -0.15) is 0 Å². The maximum absolute atomic E-state index is 11.9. The third-order valence-electron chi connectivity index (χ3n) is 3.06. The lowest BCUT2D eigenvalue weighted by molar-refractivity contribution is 0.0602. The minimum Gasteiger partial charge on any atom is -0.490 e. The van der Waals surface area contributed by atoms with E-state index in [0.29, 0.717) is 16.5 Å². The predicted octanol–water partition coefficient (Wildman–Crippen LogP) is 3.33. The fourth-order valence-corrected chi connectivity index (χ4v) is 2.12. The predicted molar refractivity (Wildman–Crippen MR) is 91.7 cm³/mol. The molecule has 0 aliphatic rings. The van der Waals surface area contributed by atoms with Crippen LogP contribution in [0.2, 0.25) is 5.02 Å². The average Bonchev–Trinajstić information content (AvgIpc) is 2.60. The number of urea groups is 1. The van der Waals surface area contributed by atoms with E-state index in [4.69, 9.17) is 16.3 Å². The van der Waals surface area contributed by atoms with Gasteiger partial charge in [0.15, 0.2) is 0 Å². The summed E-state index contributed by atoms with van der Waals surface area (Å²) in [6, 6.07) is 13.2. The number of benzene rings is 2. The first-order valence-corrected chi connectivity index (χ1v) is 7.59. The molecule has 2 aromatic carbocycles. The molecule has 6 nitrogen and oxygen atoms in total. The Balaban J connectivity index is 1.82. The minimum atomic E-state index is -0.520. The van der Waals surface area contributed by atoms with E-state index in [1.165, 1.54) is 7.11 Å². The highest BCUT2D eigenvalue weighted by atomic mass is 35.5. The Morgan fingerprint density at radius 1 is 1.08 bits per heavy atom. The lowest BCUT2D eigenvalue weighted by atomic mass is 10.2. The number of anilines is 1. The molecule has 0 radical (unpaired) electrons.